The zero-order valence-corrected chi connectivity index (χ0v) is 8.40. The Morgan fingerprint density at radius 1 is 1.36 bits per heavy atom. The van der Waals surface area contributed by atoms with E-state index in [0.717, 1.165) is 24.0 Å². The quantitative estimate of drug-likeness (QED) is 0.766. The van der Waals surface area contributed by atoms with Crippen molar-refractivity contribution in [2.45, 2.75) is 31.3 Å². The highest BCUT2D eigenvalue weighted by Gasteiger charge is 2.43. The van der Waals surface area contributed by atoms with Crippen LogP contribution < -0.4 is 0 Å². The van der Waals surface area contributed by atoms with Crippen LogP contribution in [0.3, 0.4) is 0 Å². The van der Waals surface area contributed by atoms with E-state index >= 15 is 0 Å². The summed E-state index contributed by atoms with van der Waals surface area (Å²) in [4.78, 5) is 0. The fourth-order valence-corrected chi connectivity index (χ4v) is 1.84. The first-order valence-corrected chi connectivity index (χ1v) is 5.10. The van der Waals surface area contributed by atoms with E-state index in [1.807, 2.05) is 31.2 Å². The van der Waals surface area contributed by atoms with E-state index in [-0.39, 0.29) is 12.5 Å². The summed E-state index contributed by atoms with van der Waals surface area (Å²) < 4.78 is 0. The predicted octanol–water partition coefficient (Wildman–Crippen LogP) is 1.76. The summed E-state index contributed by atoms with van der Waals surface area (Å²) in [6.07, 6.45) is 1.70. The minimum atomic E-state index is -0.597. The van der Waals surface area contributed by atoms with Gasteiger partial charge in [-0.05, 0) is 24.0 Å². The van der Waals surface area contributed by atoms with Crippen LogP contribution in [0.1, 0.15) is 36.8 Å². The summed E-state index contributed by atoms with van der Waals surface area (Å²) in [5.41, 5.74) is 1.48. The molecule has 1 fully saturated rings. The molecular formula is C12H16O2. The maximum absolute atomic E-state index is 10.0. The lowest BCUT2D eigenvalue weighted by molar-refractivity contribution is 0.149. The molecule has 2 rings (SSSR count). The predicted molar refractivity (Wildman–Crippen MR) is 55.1 cm³/mol. The van der Waals surface area contributed by atoms with Crippen LogP contribution in [-0.2, 0) is 5.60 Å². The zero-order valence-electron chi connectivity index (χ0n) is 8.40. The standard InChI is InChI=1S/C12H16O2/c1-9(8-13)10-4-2-3-5-11(10)12(14)6-7-12/h2-5,9,13-14H,6-8H2,1H3. The van der Waals surface area contributed by atoms with Gasteiger partial charge in [0.05, 0.1) is 5.60 Å². The van der Waals surface area contributed by atoms with Crippen LogP contribution in [0.15, 0.2) is 24.3 Å². The Balaban J connectivity index is 2.38. The lowest BCUT2D eigenvalue weighted by Crippen LogP contribution is -2.11. The van der Waals surface area contributed by atoms with Crippen LogP contribution in [0.2, 0.25) is 0 Å². The summed E-state index contributed by atoms with van der Waals surface area (Å²) in [5, 5.41) is 19.2. The Morgan fingerprint density at radius 3 is 2.57 bits per heavy atom. The van der Waals surface area contributed by atoms with Gasteiger partial charge in [-0.3, -0.25) is 0 Å². The Labute approximate surface area is 84.2 Å². The van der Waals surface area contributed by atoms with Crippen molar-refractivity contribution in [3.63, 3.8) is 0 Å². The second-order valence-corrected chi connectivity index (χ2v) is 4.20. The van der Waals surface area contributed by atoms with Gasteiger partial charge in [0.25, 0.3) is 0 Å². The molecule has 14 heavy (non-hydrogen) atoms. The lowest BCUT2D eigenvalue weighted by atomic mass is 9.92. The van der Waals surface area contributed by atoms with E-state index in [2.05, 4.69) is 0 Å². The van der Waals surface area contributed by atoms with Crippen LogP contribution in [0.4, 0.5) is 0 Å². The topological polar surface area (TPSA) is 40.5 Å². The number of aliphatic hydroxyl groups excluding tert-OH is 1. The van der Waals surface area contributed by atoms with Crippen molar-refractivity contribution in [1.29, 1.82) is 0 Å². The van der Waals surface area contributed by atoms with Gasteiger partial charge in [-0.25, -0.2) is 0 Å². The first-order valence-electron chi connectivity index (χ1n) is 5.10. The smallest absolute Gasteiger partial charge is 0.0901 e. The molecule has 1 aromatic rings. The highest BCUT2D eigenvalue weighted by molar-refractivity contribution is 5.37. The van der Waals surface area contributed by atoms with Crippen LogP contribution in [0.25, 0.3) is 0 Å². The normalized spacial score (nSPS) is 20.5. The maximum atomic E-state index is 10.0. The highest BCUT2D eigenvalue weighted by Crippen LogP contribution is 2.47. The van der Waals surface area contributed by atoms with Crippen molar-refractivity contribution < 1.29 is 10.2 Å². The van der Waals surface area contributed by atoms with Gasteiger partial charge < -0.3 is 10.2 Å². The van der Waals surface area contributed by atoms with Gasteiger partial charge in [0.15, 0.2) is 0 Å². The summed E-state index contributed by atoms with van der Waals surface area (Å²) in [5.74, 6) is 0.107. The summed E-state index contributed by atoms with van der Waals surface area (Å²) >= 11 is 0. The maximum Gasteiger partial charge on any atom is 0.0901 e. The van der Waals surface area contributed by atoms with Crippen molar-refractivity contribution in [1.82, 2.24) is 0 Å². The molecule has 0 radical (unpaired) electrons. The Bertz CT molecular complexity index is 329. The zero-order chi connectivity index (χ0) is 10.2. The van der Waals surface area contributed by atoms with Gasteiger partial charge in [-0.15, -0.1) is 0 Å². The number of rotatable bonds is 3. The number of hydrogen-bond donors (Lipinski definition) is 2. The third kappa shape index (κ3) is 1.56. The average molecular weight is 192 g/mol. The van der Waals surface area contributed by atoms with Crippen molar-refractivity contribution >= 4 is 0 Å². The molecule has 2 N–H and O–H groups in total. The van der Waals surface area contributed by atoms with E-state index in [1.165, 1.54) is 0 Å². The van der Waals surface area contributed by atoms with Gasteiger partial charge in [-0.2, -0.15) is 0 Å². The molecule has 2 heteroatoms. The fraction of sp³-hybridized carbons (Fsp3) is 0.500. The molecule has 76 valence electrons. The van der Waals surface area contributed by atoms with Gasteiger partial charge >= 0.3 is 0 Å². The Morgan fingerprint density at radius 2 is 2.00 bits per heavy atom. The van der Waals surface area contributed by atoms with Crippen molar-refractivity contribution in [2.75, 3.05) is 6.61 Å². The van der Waals surface area contributed by atoms with Gasteiger partial charge in [0, 0.05) is 12.5 Å². The second-order valence-electron chi connectivity index (χ2n) is 4.20. The molecule has 0 aliphatic heterocycles. The number of hydrogen-bond acceptors (Lipinski definition) is 2. The van der Waals surface area contributed by atoms with Crippen molar-refractivity contribution in [3.05, 3.63) is 35.4 Å². The van der Waals surface area contributed by atoms with E-state index in [1.54, 1.807) is 0 Å². The first kappa shape index (κ1) is 9.69. The van der Waals surface area contributed by atoms with Gasteiger partial charge in [0.2, 0.25) is 0 Å². The van der Waals surface area contributed by atoms with Crippen LogP contribution in [0, 0.1) is 0 Å². The molecular weight excluding hydrogens is 176 g/mol. The highest BCUT2D eigenvalue weighted by atomic mass is 16.3. The van der Waals surface area contributed by atoms with Crippen LogP contribution in [0.5, 0.6) is 0 Å². The minimum Gasteiger partial charge on any atom is -0.396 e. The Hall–Kier alpha value is -0.860. The molecule has 1 aliphatic rings. The molecule has 1 aliphatic carbocycles. The third-order valence-corrected chi connectivity index (χ3v) is 2.99. The third-order valence-electron chi connectivity index (χ3n) is 2.99. The number of benzene rings is 1. The SMILES string of the molecule is CC(CO)c1ccccc1C1(O)CC1. The Kier molecular flexibility index (Phi) is 2.33. The van der Waals surface area contributed by atoms with Gasteiger partial charge in [-0.1, -0.05) is 31.2 Å². The average Bonchev–Trinajstić information content (AvgIpc) is 2.97. The fourth-order valence-electron chi connectivity index (χ4n) is 1.84. The molecule has 1 atom stereocenters. The van der Waals surface area contributed by atoms with Crippen LogP contribution >= 0.6 is 0 Å². The molecule has 0 bridgehead atoms. The van der Waals surface area contributed by atoms with E-state index < -0.39 is 5.60 Å². The molecule has 1 saturated carbocycles. The van der Waals surface area contributed by atoms with E-state index in [9.17, 15) is 5.11 Å². The summed E-state index contributed by atoms with van der Waals surface area (Å²) in [7, 11) is 0. The van der Waals surface area contributed by atoms with E-state index in [4.69, 9.17) is 5.11 Å². The molecule has 0 heterocycles. The monoisotopic (exact) mass is 192 g/mol. The number of aliphatic hydroxyl groups is 2. The second kappa shape index (κ2) is 3.37. The molecule has 0 saturated heterocycles. The molecule has 1 unspecified atom stereocenters. The largest absolute Gasteiger partial charge is 0.396 e. The summed E-state index contributed by atoms with van der Waals surface area (Å²) in [6, 6.07) is 7.86. The minimum absolute atomic E-state index is 0.107. The molecule has 0 spiro atoms. The van der Waals surface area contributed by atoms with Crippen LogP contribution in [-0.4, -0.2) is 16.8 Å². The summed E-state index contributed by atoms with van der Waals surface area (Å²) in [6.45, 7) is 2.11. The van der Waals surface area contributed by atoms with Crippen molar-refractivity contribution in [3.8, 4) is 0 Å². The lowest BCUT2D eigenvalue weighted by Gasteiger charge is -2.17. The van der Waals surface area contributed by atoms with E-state index in [0.29, 0.717) is 0 Å². The molecule has 0 aromatic heterocycles. The molecule has 0 amide bonds. The molecule has 1 aromatic carbocycles. The van der Waals surface area contributed by atoms with Crippen molar-refractivity contribution in [2.24, 2.45) is 0 Å². The molecule has 2 nitrogen and oxygen atoms in total. The van der Waals surface area contributed by atoms with Gasteiger partial charge in [0.1, 0.15) is 0 Å². The first-order chi connectivity index (χ1) is 6.67.